The first-order valence-corrected chi connectivity index (χ1v) is 9.33. The van der Waals surface area contributed by atoms with E-state index in [0.29, 0.717) is 16.6 Å². The molecule has 1 aromatic rings. The lowest BCUT2D eigenvalue weighted by atomic mass is 10.2. The first-order valence-electron chi connectivity index (χ1n) is 5.37. The Morgan fingerprint density at radius 2 is 2.11 bits per heavy atom. The van der Waals surface area contributed by atoms with E-state index in [-0.39, 0.29) is 10.8 Å². The topological polar surface area (TPSA) is 54.5 Å². The van der Waals surface area contributed by atoms with Crippen molar-refractivity contribution < 1.29 is 12.6 Å². The van der Waals surface area contributed by atoms with E-state index >= 15 is 0 Å². The molecular weight excluding hydrogens is 314 g/mol. The van der Waals surface area contributed by atoms with E-state index < -0.39 is 25.6 Å². The van der Waals surface area contributed by atoms with Gasteiger partial charge >= 0.3 is 0 Å². The number of thiophene rings is 1. The van der Waals surface area contributed by atoms with Crippen LogP contribution in [0.3, 0.4) is 0 Å². The van der Waals surface area contributed by atoms with Crippen LogP contribution in [-0.2, 0) is 20.8 Å². The van der Waals surface area contributed by atoms with Crippen molar-refractivity contribution in [3.63, 3.8) is 0 Å². The molecule has 0 amide bonds. The normalized spacial score (nSPS) is 25.2. The first-order chi connectivity index (χ1) is 8.23. The molecule has 8 heteroatoms. The number of halogens is 1. The lowest BCUT2D eigenvalue weighted by molar-refractivity contribution is 0.379. The molecule has 1 aromatic heterocycles. The van der Waals surface area contributed by atoms with Crippen LogP contribution in [0.4, 0.5) is 0 Å². The Bertz CT molecular complexity index is 579. The Morgan fingerprint density at radius 1 is 1.44 bits per heavy atom. The summed E-state index contributed by atoms with van der Waals surface area (Å²) in [6.07, 6.45) is 0. The fraction of sp³-hybridized carbons (Fsp3) is 0.600. The molecule has 0 aromatic carbocycles. The summed E-state index contributed by atoms with van der Waals surface area (Å²) in [6.45, 7) is 4.23. The molecule has 0 aliphatic carbocycles. The van der Waals surface area contributed by atoms with Crippen molar-refractivity contribution in [1.82, 2.24) is 4.31 Å². The fourth-order valence-electron chi connectivity index (χ4n) is 1.81. The molecule has 2 rings (SSSR count). The Hall–Kier alpha value is 0.0500. The molecule has 2 heterocycles. The van der Waals surface area contributed by atoms with Gasteiger partial charge in [-0.3, -0.25) is 4.21 Å². The highest BCUT2D eigenvalue weighted by atomic mass is 35.5. The third kappa shape index (κ3) is 2.65. The van der Waals surface area contributed by atoms with E-state index in [1.54, 1.807) is 6.07 Å². The van der Waals surface area contributed by atoms with Crippen LogP contribution in [0.25, 0.3) is 0 Å². The van der Waals surface area contributed by atoms with Crippen LogP contribution in [0.1, 0.15) is 13.8 Å². The first kappa shape index (κ1) is 14.5. The number of hydrogen-bond acceptors (Lipinski definition) is 4. The van der Waals surface area contributed by atoms with Gasteiger partial charge in [-0.1, -0.05) is 11.6 Å². The maximum absolute atomic E-state index is 12.4. The predicted molar refractivity (Wildman–Crippen MR) is 75.2 cm³/mol. The molecule has 0 saturated carbocycles. The highest BCUT2D eigenvalue weighted by Crippen LogP contribution is 2.31. The molecule has 0 N–H and O–H groups in total. The molecule has 1 aliphatic heterocycles. The summed E-state index contributed by atoms with van der Waals surface area (Å²) in [5, 5.41) is 0. The van der Waals surface area contributed by atoms with E-state index in [0.717, 1.165) is 11.3 Å². The molecule has 1 saturated heterocycles. The summed E-state index contributed by atoms with van der Waals surface area (Å²) >= 11 is 6.82. The zero-order valence-electron chi connectivity index (χ0n) is 10.1. The number of rotatable bonds is 2. The molecule has 4 nitrogen and oxygen atoms in total. The van der Waals surface area contributed by atoms with Crippen LogP contribution in [0.15, 0.2) is 16.3 Å². The van der Waals surface area contributed by atoms with Crippen LogP contribution >= 0.6 is 22.9 Å². The van der Waals surface area contributed by atoms with Gasteiger partial charge in [-0.05, 0) is 26.0 Å². The van der Waals surface area contributed by atoms with E-state index in [2.05, 4.69) is 0 Å². The minimum absolute atomic E-state index is 0.246. The summed E-state index contributed by atoms with van der Waals surface area (Å²) in [5.41, 5.74) is 0. The molecule has 1 aliphatic rings. The quantitative estimate of drug-likeness (QED) is 0.834. The van der Waals surface area contributed by atoms with E-state index in [4.69, 9.17) is 11.6 Å². The molecule has 1 fully saturated rings. The zero-order chi connectivity index (χ0) is 13.6. The smallest absolute Gasteiger partial charge is 0.252 e. The largest absolute Gasteiger partial charge is 0.259 e. The molecule has 1 unspecified atom stereocenters. The molecule has 1 atom stereocenters. The monoisotopic (exact) mass is 327 g/mol. The van der Waals surface area contributed by atoms with Crippen LogP contribution in [0.5, 0.6) is 0 Å². The predicted octanol–water partition coefficient (Wildman–Crippen LogP) is 1.93. The highest BCUT2D eigenvalue weighted by molar-refractivity contribution is 7.91. The SMILES string of the molecule is CC1(C)CN(S(=O)(=O)c2ccc(Cl)s2)CCS1=O. The van der Waals surface area contributed by atoms with Gasteiger partial charge in [0, 0.05) is 29.6 Å². The Kier molecular flexibility index (Phi) is 3.91. The molecule has 0 radical (unpaired) electrons. The second kappa shape index (κ2) is 4.86. The molecule has 0 spiro atoms. The van der Waals surface area contributed by atoms with Crippen LogP contribution < -0.4 is 0 Å². The van der Waals surface area contributed by atoms with Crippen LogP contribution in [0, 0.1) is 0 Å². The standard InChI is InChI=1S/C10H14ClNO3S3/c1-10(2)7-12(5-6-17(10)13)18(14,15)9-4-3-8(11)16-9/h3-4H,5-7H2,1-2H3. The van der Waals surface area contributed by atoms with Gasteiger partial charge in [0.2, 0.25) is 0 Å². The van der Waals surface area contributed by atoms with Gasteiger partial charge in [-0.2, -0.15) is 4.31 Å². The maximum Gasteiger partial charge on any atom is 0.252 e. The third-order valence-electron chi connectivity index (χ3n) is 2.84. The van der Waals surface area contributed by atoms with Crippen molar-refractivity contribution in [3.8, 4) is 0 Å². The molecule has 102 valence electrons. The average molecular weight is 328 g/mol. The summed E-state index contributed by atoms with van der Waals surface area (Å²) < 4.78 is 38.1. The molecule has 0 bridgehead atoms. The summed E-state index contributed by atoms with van der Waals surface area (Å²) in [7, 11) is -4.49. The van der Waals surface area contributed by atoms with Crippen LogP contribution in [-0.4, -0.2) is 40.5 Å². The second-order valence-corrected chi connectivity index (χ2v) is 10.8. The van der Waals surface area contributed by atoms with Gasteiger partial charge in [-0.25, -0.2) is 8.42 Å². The van der Waals surface area contributed by atoms with Gasteiger partial charge in [0.15, 0.2) is 0 Å². The van der Waals surface area contributed by atoms with Crippen molar-refractivity contribution in [2.45, 2.75) is 22.8 Å². The van der Waals surface area contributed by atoms with Gasteiger partial charge in [-0.15, -0.1) is 11.3 Å². The van der Waals surface area contributed by atoms with Crippen LogP contribution in [0.2, 0.25) is 4.34 Å². The summed E-state index contributed by atoms with van der Waals surface area (Å²) in [5.74, 6) is 0.380. The number of sulfonamides is 1. The van der Waals surface area contributed by atoms with Crippen molar-refractivity contribution in [2.75, 3.05) is 18.8 Å². The second-order valence-electron chi connectivity index (χ2n) is 4.71. The van der Waals surface area contributed by atoms with Crippen molar-refractivity contribution in [1.29, 1.82) is 0 Å². The minimum Gasteiger partial charge on any atom is -0.259 e. The Morgan fingerprint density at radius 3 is 2.61 bits per heavy atom. The number of hydrogen-bond donors (Lipinski definition) is 0. The van der Waals surface area contributed by atoms with Crippen molar-refractivity contribution >= 4 is 43.8 Å². The lowest BCUT2D eigenvalue weighted by Gasteiger charge is -2.36. The van der Waals surface area contributed by atoms with Gasteiger partial charge < -0.3 is 0 Å². The molecule has 18 heavy (non-hydrogen) atoms. The fourth-order valence-corrected chi connectivity index (χ4v) is 6.48. The van der Waals surface area contributed by atoms with Crippen molar-refractivity contribution in [3.05, 3.63) is 16.5 Å². The maximum atomic E-state index is 12.4. The number of nitrogens with zero attached hydrogens (tertiary/aromatic N) is 1. The van der Waals surface area contributed by atoms with Gasteiger partial charge in [0.05, 0.1) is 9.08 Å². The third-order valence-corrected chi connectivity index (χ3v) is 8.30. The summed E-state index contributed by atoms with van der Waals surface area (Å²) in [4.78, 5) is 0. The minimum atomic E-state index is -3.50. The van der Waals surface area contributed by atoms with E-state index in [9.17, 15) is 12.6 Å². The average Bonchev–Trinajstić information content (AvgIpc) is 2.69. The summed E-state index contributed by atoms with van der Waals surface area (Å²) in [6, 6.07) is 3.09. The van der Waals surface area contributed by atoms with Gasteiger partial charge in [0.25, 0.3) is 10.0 Å². The van der Waals surface area contributed by atoms with E-state index in [1.807, 2.05) is 13.8 Å². The van der Waals surface area contributed by atoms with E-state index in [1.165, 1.54) is 10.4 Å². The highest BCUT2D eigenvalue weighted by Gasteiger charge is 2.39. The molecular formula is C10H14ClNO3S3. The zero-order valence-corrected chi connectivity index (χ0v) is 13.3. The van der Waals surface area contributed by atoms with Crippen molar-refractivity contribution in [2.24, 2.45) is 0 Å². The Balaban J connectivity index is 2.30. The Labute approximate surface area is 118 Å². The van der Waals surface area contributed by atoms with Gasteiger partial charge in [0.1, 0.15) is 4.21 Å². The lowest BCUT2D eigenvalue weighted by Crippen LogP contribution is -2.51.